The Morgan fingerprint density at radius 3 is 2.27 bits per heavy atom. The first-order valence-electron chi connectivity index (χ1n) is 13.1. The van der Waals surface area contributed by atoms with Crippen molar-refractivity contribution in [3.8, 4) is 0 Å². The summed E-state index contributed by atoms with van der Waals surface area (Å²) in [5, 5.41) is 1.59. The van der Waals surface area contributed by atoms with Crippen molar-refractivity contribution in [3.63, 3.8) is 0 Å². The van der Waals surface area contributed by atoms with Gasteiger partial charge < -0.3 is 4.57 Å². The molecule has 0 unspecified atom stereocenters. The van der Waals surface area contributed by atoms with Crippen LogP contribution in [0.1, 0.15) is 60.8 Å². The summed E-state index contributed by atoms with van der Waals surface area (Å²) in [6, 6.07) is 22.3. The number of thioether (sulfide) groups is 1. The van der Waals surface area contributed by atoms with Crippen LogP contribution in [0.2, 0.25) is 5.02 Å². The largest absolute Gasteiger partial charge is 0.323 e. The highest BCUT2D eigenvalue weighted by Gasteiger charge is 2.11. The van der Waals surface area contributed by atoms with E-state index in [1.807, 2.05) is 60.9 Å². The summed E-state index contributed by atoms with van der Waals surface area (Å²) in [5.74, 6) is 0.961. The van der Waals surface area contributed by atoms with Gasteiger partial charge >= 0.3 is 0 Å². The van der Waals surface area contributed by atoms with Crippen LogP contribution < -0.4 is 5.56 Å². The van der Waals surface area contributed by atoms with Gasteiger partial charge in [-0.1, -0.05) is 97.6 Å². The summed E-state index contributed by atoms with van der Waals surface area (Å²) < 4.78 is 2.11. The molecule has 0 radical (unpaired) electrons. The number of halogens is 1. The molecule has 0 saturated heterocycles. The third-order valence-corrected chi connectivity index (χ3v) is 7.68. The topological polar surface area (TPSA) is 47.8 Å². The summed E-state index contributed by atoms with van der Waals surface area (Å²) in [5.41, 5.74) is 4.16. The van der Waals surface area contributed by atoms with Gasteiger partial charge in [0.2, 0.25) is 0 Å². The number of pyridine rings is 1. The van der Waals surface area contributed by atoms with Gasteiger partial charge in [0, 0.05) is 41.4 Å². The van der Waals surface area contributed by atoms with Crippen LogP contribution in [0.5, 0.6) is 0 Å². The summed E-state index contributed by atoms with van der Waals surface area (Å²) in [6.45, 7) is 0.652. The van der Waals surface area contributed by atoms with Crippen molar-refractivity contribution in [2.24, 2.45) is 0 Å². The molecule has 4 aromatic rings. The molecule has 0 aliphatic heterocycles. The van der Waals surface area contributed by atoms with Gasteiger partial charge in [-0.3, -0.25) is 9.78 Å². The lowest BCUT2D eigenvalue weighted by Crippen LogP contribution is -2.20. The summed E-state index contributed by atoms with van der Waals surface area (Å²) in [7, 11) is 0. The molecule has 0 amide bonds. The lowest BCUT2D eigenvalue weighted by molar-refractivity contribution is 0.608. The minimum Gasteiger partial charge on any atom is -0.323 e. The SMILES string of the molecule is O=c1nc(SCCCCCCCCc2ccc(Cl)cc2)n(Cc2cccnc2)cc1Cc1ccccc1. The highest BCUT2D eigenvalue weighted by molar-refractivity contribution is 7.99. The van der Waals surface area contributed by atoms with Crippen LogP contribution in [0.4, 0.5) is 0 Å². The fourth-order valence-electron chi connectivity index (χ4n) is 4.33. The van der Waals surface area contributed by atoms with Gasteiger partial charge in [-0.05, 0) is 54.2 Å². The van der Waals surface area contributed by atoms with Gasteiger partial charge in [0.05, 0.1) is 6.54 Å². The van der Waals surface area contributed by atoms with E-state index in [4.69, 9.17) is 11.6 Å². The van der Waals surface area contributed by atoms with Crippen LogP contribution in [0.3, 0.4) is 0 Å². The molecule has 0 saturated carbocycles. The number of nitrogens with zero attached hydrogens (tertiary/aromatic N) is 3. The lowest BCUT2D eigenvalue weighted by Gasteiger charge is -2.14. The number of hydrogen-bond donors (Lipinski definition) is 0. The number of aryl methyl sites for hydroxylation is 1. The molecule has 2 heterocycles. The van der Waals surface area contributed by atoms with Gasteiger partial charge in [-0.2, -0.15) is 4.98 Å². The van der Waals surface area contributed by atoms with Crippen molar-refractivity contribution in [2.45, 2.75) is 63.1 Å². The predicted octanol–water partition coefficient (Wildman–Crippen LogP) is 7.61. The van der Waals surface area contributed by atoms with Crippen molar-refractivity contribution >= 4 is 23.4 Å². The number of rotatable bonds is 14. The molecule has 0 aliphatic rings. The Kier molecular flexibility index (Phi) is 10.8. The standard InChI is InChI=1S/C31H34ClN3OS/c32-29-17-15-25(16-18-29)11-6-3-1-2-4-9-20-37-31-34-30(36)28(21-26-12-7-5-8-13-26)24-35(31)23-27-14-10-19-33-22-27/h5,7-8,10,12-19,22,24H,1-4,6,9,11,20-21,23H2. The van der Waals surface area contributed by atoms with E-state index in [-0.39, 0.29) is 5.56 Å². The van der Waals surface area contributed by atoms with E-state index >= 15 is 0 Å². The Bertz CT molecular complexity index is 1280. The number of aromatic nitrogens is 3. The van der Waals surface area contributed by atoms with Crippen LogP contribution in [0.25, 0.3) is 0 Å². The first-order chi connectivity index (χ1) is 18.2. The van der Waals surface area contributed by atoms with Crippen molar-refractivity contribution in [2.75, 3.05) is 5.75 Å². The maximum absolute atomic E-state index is 12.8. The second-order valence-electron chi connectivity index (χ2n) is 9.35. The highest BCUT2D eigenvalue weighted by Crippen LogP contribution is 2.20. The molecule has 4 rings (SSSR count). The minimum atomic E-state index is -0.130. The third-order valence-electron chi connectivity index (χ3n) is 6.35. The first-order valence-corrected chi connectivity index (χ1v) is 14.4. The average Bonchev–Trinajstić information content (AvgIpc) is 2.92. The van der Waals surface area contributed by atoms with Crippen molar-refractivity contribution in [1.29, 1.82) is 0 Å². The first kappa shape index (κ1) is 27.2. The smallest absolute Gasteiger partial charge is 0.277 e. The normalized spacial score (nSPS) is 11.1. The Hall–Kier alpha value is -2.89. The van der Waals surface area contributed by atoms with Gasteiger partial charge in [0.1, 0.15) is 0 Å². The summed E-state index contributed by atoms with van der Waals surface area (Å²) >= 11 is 7.64. The van der Waals surface area contributed by atoms with E-state index in [1.165, 1.54) is 37.7 Å². The zero-order chi connectivity index (χ0) is 25.7. The molecule has 0 spiro atoms. The fraction of sp³-hybridized carbons (Fsp3) is 0.323. The maximum Gasteiger partial charge on any atom is 0.277 e. The number of benzene rings is 2. The maximum atomic E-state index is 12.8. The molecule has 192 valence electrons. The molecular formula is C31H34ClN3OS. The summed E-state index contributed by atoms with van der Waals surface area (Å²) in [6.07, 6.45) is 14.6. The van der Waals surface area contributed by atoms with E-state index in [0.29, 0.717) is 13.0 Å². The number of hydrogen-bond acceptors (Lipinski definition) is 4. The second kappa shape index (κ2) is 14.7. The van der Waals surface area contributed by atoms with Crippen LogP contribution in [-0.2, 0) is 19.4 Å². The zero-order valence-electron chi connectivity index (χ0n) is 21.2. The van der Waals surface area contributed by atoms with Gasteiger partial charge in [0.25, 0.3) is 5.56 Å². The molecule has 0 bridgehead atoms. The van der Waals surface area contributed by atoms with Crippen LogP contribution >= 0.6 is 23.4 Å². The molecule has 4 nitrogen and oxygen atoms in total. The van der Waals surface area contributed by atoms with Gasteiger partial charge in [-0.25, -0.2) is 0 Å². The molecular weight excluding hydrogens is 498 g/mol. The average molecular weight is 532 g/mol. The Labute approximate surface area is 229 Å². The zero-order valence-corrected chi connectivity index (χ0v) is 22.8. The fourth-order valence-corrected chi connectivity index (χ4v) is 5.42. The van der Waals surface area contributed by atoms with Crippen LogP contribution in [-0.4, -0.2) is 20.3 Å². The molecule has 6 heteroatoms. The molecule has 0 N–H and O–H groups in total. The Balaban J connectivity index is 1.26. The predicted molar refractivity (Wildman–Crippen MR) is 155 cm³/mol. The van der Waals surface area contributed by atoms with E-state index in [1.54, 1.807) is 18.0 Å². The Morgan fingerprint density at radius 1 is 0.784 bits per heavy atom. The highest BCUT2D eigenvalue weighted by atomic mass is 35.5. The monoisotopic (exact) mass is 531 g/mol. The van der Waals surface area contributed by atoms with Gasteiger partial charge in [0.15, 0.2) is 5.16 Å². The quantitative estimate of drug-likeness (QED) is 0.0954. The van der Waals surface area contributed by atoms with E-state index in [9.17, 15) is 4.79 Å². The molecule has 0 aliphatic carbocycles. The molecule has 0 fully saturated rings. The van der Waals surface area contributed by atoms with E-state index < -0.39 is 0 Å². The number of unbranched alkanes of at least 4 members (excludes halogenated alkanes) is 5. The molecule has 0 atom stereocenters. The Morgan fingerprint density at radius 2 is 1.51 bits per heavy atom. The molecule has 37 heavy (non-hydrogen) atoms. The molecule has 2 aromatic carbocycles. The lowest BCUT2D eigenvalue weighted by atomic mass is 10.1. The second-order valence-corrected chi connectivity index (χ2v) is 10.9. The third kappa shape index (κ3) is 9.17. The van der Waals surface area contributed by atoms with Crippen LogP contribution in [0.15, 0.2) is 95.3 Å². The minimum absolute atomic E-state index is 0.130. The summed E-state index contributed by atoms with van der Waals surface area (Å²) in [4.78, 5) is 21.6. The molecule has 2 aromatic heterocycles. The van der Waals surface area contributed by atoms with Gasteiger partial charge in [-0.15, -0.1) is 0 Å². The van der Waals surface area contributed by atoms with Crippen molar-refractivity contribution in [3.05, 3.63) is 123 Å². The van der Waals surface area contributed by atoms with Crippen molar-refractivity contribution < 1.29 is 0 Å². The van der Waals surface area contributed by atoms with Crippen LogP contribution in [0, 0.1) is 0 Å². The van der Waals surface area contributed by atoms with E-state index in [2.05, 4.69) is 32.7 Å². The van der Waals surface area contributed by atoms with E-state index in [0.717, 1.165) is 45.5 Å². The van der Waals surface area contributed by atoms with Crippen molar-refractivity contribution in [1.82, 2.24) is 14.5 Å².